The first-order chi connectivity index (χ1) is 5.76. The summed E-state index contributed by atoms with van der Waals surface area (Å²) in [5.41, 5.74) is 0.197. The van der Waals surface area contributed by atoms with Gasteiger partial charge < -0.3 is 9.84 Å². The topological polar surface area (TPSA) is 29.5 Å². The Morgan fingerprint density at radius 1 is 1.23 bits per heavy atom. The summed E-state index contributed by atoms with van der Waals surface area (Å²) in [4.78, 5) is 0. The first kappa shape index (κ1) is 10.9. The van der Waals surface area contributed by atoms with Gasteiger partial charge in [-0.1, -0.05) is 61.6 Å². The van der Waals surface area contributed by atoms with Crippen LogP contribution in [0.2, 0.25) is 0 Å². The van der Waals surface area contributed by atoms with E-state index in [0.717, 1.165) is 0 Å². The minimum atomic E-state index is -0.614. The van der Waals surface area contributed by atoms with Gasteiger partial charge in [-0.3, -0.25) is 0 Å². The van der Waals surface area contributed by atoms with Crippen LogP contribution in [0.15, 0.2) is 0 Å². The van der Waals surface area contributed by atoms with Crippen LogP contribution in [0.1, 0.15) is 13.8 Å². The maximum Gasteiger partial charge on any atom is 0.161 e. The van der Waals surface area contributed by atoms with E-state index in [1.165, 1.54) is 0 Å². The molecule has 4 atom stereocenters. The SMILES string of the molecule is CC1(C)[C@@H]2[C@H]1[C@H](C(Br)(Br)Br)O[C@@H]2O. The number of hydrogen-bond donors (Lipinski definition) is 1. The molecule has 1 aliphatic carbocycles. The van der Waals surface area contributed by atoms with Crippen LogP contribution in [-0.2, 0) is 4.74 Å². The molecule has 0 aromatic rings. The highest BCUT2D eigenvalue weighted by molar-refractivity contribution is 9.39. The zero-order valence-electron chi connectivity index (χ0n) is 7.30. The summed E-state index contributed by atoms with van der Waals surface area (Å²) >= 11 is 10.3. The summed E-state index contributed by atoms with van der Waals surface area (Å²) in [5.74, 6) is 0.699. The largest absolute Gasteiger partial charge is 0.368 e. The van der Waals surface area contributed by atoms with Crippen LogP contribution in [0.4, 0.5) is 0 Å². The minimum Gasteiger partial charge on any atom is -0.368 e. The number of fused-ring (bicyclic) bond motifs is 1. The zero-order chi connectivity index (χ0) is 10.0. The fourth-order valence-electron chi connectivity index (χ4n) is 2.44. The van der Waals surface area contributed by atoms with Crippen LogP contribution in [0.3, 0.4) is 0 Å². The van der Waals surface area contributed by atoms with Gasteiger partial charge in [0.15, 0.2) is 8.43 Å². The van der Waals surface area contributed by atoms with E-state index in [2.05, 4.69) is 61.6 Å². The van der Waals surface area contributed by atoms with Gasteiger partial charge in [0, 0.05) is 11.8 Å². The zero-order valence-corrected chi connectivity index (χ0v) is 12.1. The Hall–Kier alpha value is 1.36. The molecule has 1 N–H and O–H groups in total. The van der Waals surface area contributed by atoms with E-state index in [0.29, 0.717) is 5.92 Å². The highest BCUT2D eigenvalue weighted by Gasteiger charge is 2.72. The van der Waals surface area contributed by atoms with E-state index in [-0.39, 0.29) is 17.4 Å². The van der Waals surface area contributed by atoms with E-state index in [1.807, 2.05) is 0 Å². The molecule has 2 fully saturated rings. The molecular weight excluding hydrogens is 368 g/mol. The van der Waals surface area contributed by atoms with Crippen LogP contribution >= 0.6 is 47.8 Å². The first-order valence-electron chi connectivity index (χ1n) is 4.16. The quantitative estimate of drug-likeness (QED) is 0.657. The normalized spacial score (nSPS) is 47.5. The Morgan fingerprint density at radius 3 is 2.00 bits per heavy atom. The first-order valence-corrected chi connectivity index (χ1v) is 6.54. The molecule has 0 unspecified atom stereocenters. The van der Waals surface area contributed by atoms with Gasteiger partial charge in [0.05, 0.1) is 6.10 Å². The summed E-state index contributed by atoms with van der Waals surface area (Å²) in [6.45, 7) is 4.33. The van der Waals surface area contributed by atoms with Crippen molar-refractivity contribution in [1.29, 1.82) is 0 Å². The second kappa shape index (κ2) is 2.94. The van der Waals surface area contributed by atoms with Gasteiger partial charge in [-0.25, -0.2) is 0 Å². The lowest BCUT2D eigenvalue weighted by molar-refractivity contribution is -0.125. The predicted octanol–water partition coefficient (Wildman–Crippen LogP) is 2.81. The third kappa shape index (κ3) is 1.55. The van der Waals surface area contributed by atoms with E-state index < -0.39 is 8.43 Å². The molecule has 13 heavy (non-hydrogen) atoms. The van der Waals surface area contributed by atoms with Gasteiger partial charge in [-0.05, 0) is 5.41 Å². The molecule has 1 saturated heterocycles. The molecule has 0 spiro atoms. The minimum absolute atomic E-state index is 0.0255. The van der Waals surface area contributed by atoms with Crippen molar-refractivity contribution in [1.82, 2.24) is 0 Å². The van der Waals surface area contributed by atoms with E-state index in [9.17, 15) is 5.11 Å². The van der Waals surface area contributed by atoms with Crippen LogP contribution in [0.5, 0.6) is 0 Å². The maximum absolute atomic E-state index is 9.62. The third-order valence-corrected chi connectivity index (χ3v) is 4.59. The highest BCUT2D eigenvalue weighted by Crippen LogP contribution is 2.69. The molecule has 5 heteroatoms. The van der Waals surface area contributed by atoms with Crippen molar-refractivity contribution in [3.05, 3.63) is 0 Å². The second-order valence-corrected chi connectivity index (χ2v) is 11.3. The number of rotatable bonds is 0. The Kier molecular flexibility index (Phi) is 2.45. The number of hydrogen-bond acceptors (Lipinski definition) is 2. The van der Waals surface area contributed by atoms with Crippen LogP contribution in [0.25, 0.3) is 0 Å². The fraction of sp³-hybridized carbons (Fsp3) is 1.00. The van der Waals surface area contributed by atoms with Crippen LogP contribution < -0.4 is 0 Å². The van der Waals surface area contributed by atoms with Crippen molar-refractivity contribution < 1.29 is 9.84 Å². The summed E-state index contributed by atoms with van der Waals surface area (Å²) in [7, 11) is 0. The highest BCUT2D eigenvalue weighted by atomic mass is 80.0. The lowest BCUT2D eigenvalue weighted by Gasteiger charge is -2.27. The van der Waals surface area contributed by atoms with Gasteiger partial charge in [0.1, 0.15) is 0 Å². The summed E-state index contributed by atoms with van der Waals surface area (Å²) in [6.07, 6.45) is -0.639. The van der Waals surface area contributed by atoms with Crippen LogP contribution in [0, 0.1) is 17.3 Å². The van der Waals surface area contributed by atoms with Crippen molar-refractivity contribution in [2.24, 2.45) is 17.3 Å². The molecule has 1 saturated carbocycles. The molecule has 1 aliphatic heterocycles. The fourth-order valence-corrected chi connectivity index (χ4v) is 3.62. The Labute approximate surface area is 103 Å². The number of aliphatic hydroxyl groups excluding tert-OH is 1. The number of ether oxygens (including phenoxy) is 1. The molecule has 0 aromatic carbocycles. The van der Waals surface area contributed by atoms with Gasteiger partial charge in [-0.15, -0.1) is 0 Å². The smallest absolute Gasteiger partial charge is 0.161 e. The molecule has 0 aromatic heterocycles. The van der Waals surface area contributed by atoms with Crippen molar-refractivity contribution in [3.63, 3.8) is 0 Å². The van der Waals surface area contributed by atoms with Crippen molar-refractivity contribution >= 4 is 47.8 Å². The average molecular weight is 379 g/mol. The Balaban J connectivity index is 2.19. The number of halogens is 3. The lowest BCUT2D eigenvalue weighted by Crippen LogP contribution is -2.32. The number of alkyl halides is 3. The maximum atomic E-state index is 9.62. The summed E-state index contributed by atoms with van der Waals surface area (Å²) in [6, 6.07) is 0. The second-order valence-electron chi connectivity index (χ2n) is 4.36. The molecule has 1 heterocycles. The molecular formula is C8H11Br3O2. The molecule has 2 nitrogen and oxygen atoms in total. The monoisotopic (exact) mass is 376 g/mol. The summed E-state index contributed by atoms with van der Waals surface area (Å²) in [5, 5.41) is 9.62. The van der Waals surface area contributed by atoms with Crippen molar-refractivity contribution in [3.8, 4) is 0 Å². The van der Waals surface area contributed by atoms with Crippen molar-refractivity contribution in [2.75, 3.05) is 0 Å². The van der Waals surface area contributed by atoms with E-state index in [4.69, 9.17) is 4.74 Å². The van der Waals surface area contributed by atoms with Gasteiger partial charge in [0.2, 0.25) is 0 Å². The third-order valence-electron chi connectivity index (χ3n) is 3.24. The van der Waals surface area contributed by atoms with Crippen molar-refractivity contribution in [2.45, 2.75) is 28.4 Å². The lowest BCUT2D eigenvalue weighted by atomic mass is 10.1. The Morgan fingerprint density at radius 2 is 1.77 bits per heavy atom. The average Bonchev–Trinajstić information content (AvgIpc) is 2.35. The van der Waals surface area contributed by atoms with Gasteiger partial charge in [0.25, 0.3) is 0 Å². The van der Waals surface area contributed by atoms with Gasteiger partial charge in [-0.2, -0.15) is 0 Å². The van der Waals surface area contributed by atoms with Crippen LogP contribution in [-0.4, -0.2) is 19.6 Å². The molecule has 0 amide bonds. The summed E-state index contributed by atoms with van der Waals surface area (Å²) < 4.78 is 5.02. The molecule has 0 bridgehead atoms. The molecule has 0 radical (unpaired) electrons. The Bertz CT molecular complexity index is 233. The van der Waals surface area contributed by atoms with Gasteiger partial charge >= 0.3 is 0 Å². The van der Waals surface area contributed by atoms with E-state index in [1.54, 1.807) is 0 Å². The molecule has 2 rings (SSSR count). The molecule has 76 valence electrons. The number of aliphatic hydroxyl groups is 1. The van der Waals surface area contributed by atoms with E-state index >= 15 is 0 Å². The predicted molar refractivity (Wildman–Crippen MR) is 61.2 cm³/mol. The molecule has 2 aliphatic rings. The standard InChI is InChI=1S/C8H11Br3O2/c1-7(2)3-4(7)6(12)13-5(3)8(9,10)11/h3-6,12H,1-2H3/t3-,4+,5+,6-/m0/s1.